The maximum Gasteiger partial charge on any atom is 0.146 e. The van der Waals surface area contributed by atoms with Crippen molar-refractivity contribution in [1.82, 2.24) is 0 Å². The quantitative estimate of drug-likeness (QED) is 0.530. The molecule has 0 unspecified atom stereocenters. The molecule has 0 N–H and O–H groups in total. The van der Waals surface area contributed by atoms with Gasteiger partial charge in [0.05, 0.1) is 6.07 Å². The second-order valence-corrected chi connectivity index (χ2v) is 7.13. The monoisotopic (exact) mass is 325 g/mol. The van der Waals surface area contributed by atoms with Crippen molar-refractivity contribution in [1.29, 1.82) is 5.26 Å². The molecule has 0 atom stereocenters. The number of rotatable bonds is 4. The number of nitriles is 1. The SMILES string of the molecule is N#CC(Sc1ccc(Cl)cc1)Sc1ccc(Cl)cc1. The van der Waals surface area contributed by atoms with Crippen LogP contribution in [0.15, 0.2) is 58.3 Å². The summed E-state index contributed by atoms with van der Waals surface area (Å²) in [5, 5.41) is 10.6. The van der Waals surface area contributed by atoms with Gasteiger partial charge in [-0.3, -0.25) is 0 Å². The normalized spacial score (nSPS) is 10.4. The van der Waals surface area contributed by atoms with E-state index in [0.717, 1.165) is 9.79 Å². The summed E-state index contributed by atoms with van der Waals surface area (Å²) in [6.45, 7) is 0. The maximum atomic E-state index is 9.21. The van der Waals surface area contributed by atoms with Crippen LogP contribution in [0.1, 0.15) is 0 Å². The van der Waals surface area contributed by atoms with Gasteiger partial charge >= 0.3 is 0 Å². The van der Waals surface area contributed by atoms with Crippen LogP contribution in [0.2, 0.25) is 10.0 Å². The zero-order valence-electron chi connectivity index (χ0n) is 9.72. The Labute approximate surface area is 130 Å². The van der Waals surface area contributed by atoms with Crippen LogP contribution in [0, 0.1) is 11.3 Å². The topological polar surface area (TPSA) is 23.8 Å². The Kier molecular flexibility index (Phi) is 5.47. The molecule has 0 aromatic heterocycles. The van der Waals surface area contributed by atoms with Crippen molar-refractivity contribution in [2.75, 3.05) is 0 Å². The first-order chi connectivity index (χ1) is 9.17. The van der Waals surface area contributed by atoms with Crippen LogP contribution >= 0.6 is 46.7 Å². The van der Waals surface area contributed by atoms with Crippen molar-refractivity contribution in [3.63, 3.8) is 0 Å². The van der Waals surface area contributed by atoms with Gasteiger partial charge < -0.3 is 0 Å². The van der Waals surface area contributed by atoms with Gasteiger partial charge in [0.25, 0.3) is 0 Å². The second-order valence-electron chi connectivity index (χ2n) is 3.60. The molecule has 5 heteroatoms. The van der Waals surface area contributed by atoms with E-state index in [1.165, 1.54) is 23.5 Å². The van der Waals surface area contributed by atoms with Crippen LogP contribution < -0.4 is 0 Å². The highest BCUT2D eigenvalue weighted by molar-refractivity contribution is 8.17. The minimum absolute atomic E-state index is 0.206. The van der Waals surface area contributed by atoms with E-state index in [1.54, 1.807) is 0 Å². The summed E-state index contributed by atoms with van der Waals surface area (Å²) in [4.78, 5) is 2.05. The maximum absolute atomic E-state index is 9.21. The van der Waals surface area contributed by atoms with E-state index >= 15 is 0 Å². The molecule has 0 spiro atoms. The van der Waals surface area contributed by atoms with Gasteiger partial charge in [-0.2, -0.15) is 5.26 Å². The highest BCUT2D eigenvalue weighted by Gasteiger charge is 2.11. The fraction of sp³-hybridized carbons (Fsp3) is 0.0714. The third-order valence-electron chi connectivity index (χ3n) is 2.22. The van der Waals surface area contributed by atoms with Gasteiger partial charge in [-0.1, -0.05) is 46.7 Å². The van der Waals surface area contributed by atoms with E-state index in [2.05, 4.69) is 6.07 Å². The third kappa shape index (κ3) is 4.67. The van der Waals surface area contributed by atoms with E-state index in [9.17, 15) is 5.26 Å². The lowest BCUT2D eigenvalue weighted by atomic mass is 10.4. The lowest BCUT2D eigenvalue weighted by Gasteiger charge is -2.08. The number of benzene rings is 2. The van der Waals surface area contributed by atoms with Gasteiger partial charge in [0, 0.05) is 19.8 Å². The summed E-state index contributed by atoms with van der Waals surface area (Å²) >= 11 is 14.7. The molecular formula is C14H9Cl2NS2. The second kappa shape index (κ2) is 7.12. The molecule has 0 aliphatic rings. The fourth-order valence-electron chi connectivity index (χ4n) is 1.35. The fourth-order valence-corrected chi connectivity index (χ4v) is 3.65. The Balaban J connectivity index is 2.03. The van der Waals surface area contributed by atoms with Crippen molar-refractivity contribution in [2.24, 2.45) is 0 Å². The zero-order valence-corrected chi connectivity index (χ0v) is 12.9. The van der Waals surface area contributed by atoms with Crippen molar-refractivity contribution >= 4 is 46.7 Å². The van der Waals surface area contributed by atoms with Crippen molar-refractivity contribution in [3.8, 4) is 6.07 Å². The van der Waals surface area contributed by atoms with E-state index in [0.29, 0.717) is 10.0 Å². The molecule has 1 nitrogen and oxygen atoms in total. The van der Waals surface area contributed by atoms with E-state index in [4.69, 9.17) is 23.2 Å². The van der Waals surface area contributed by atoms with Gasteiger partial charge in [-0.25, -0.2) is 0 Å². The number of halogens is 2. The van der Waals surface area contributed by atoms with Crippen molar-refractivity contribution < 1.29 is 0 Å². The van der Waals surface area contributed by atoms with Gasteiger partial charge in [-0.15, -0.1) is 0 Å². The van der Waals surface area contributed by atoms with Crippen LogP contribution in [-0.2, 0) is 0 Å². The van der Waals surface area contributed by atoms with E-state index < -0.39 is 0 Å². The third-order valence-corrected chi connectivity index (χ3v) is 5.03. The summed E-state index contributed by atoms with van der Waals surface area (Å²) in [6.07, 6.45) is 0. The highest BCUT2D eigenvalue weighted by Crippen LogP contribution is 2.35. The van der Waals surface area contributed by atoms with E-state index in [1.807, 2.05) is 48.5 Å². The van der Waals surface area contributed by atoms with Crippen molar-refractivity contribution in [2.45, 2.75) is 14.4 Å². The molecule has 2 aromatic rings. The molecule has 19 heavy (non-hydrogen) atoms. The molecule has 0 radical (unpaired) electrons. The predicted octanol–water partition coefficient (Wildman–Crippen LogP) is 5.73. The Morgan fingerprint density at radius 1 is 0.789 bits per heavy atom. The molecule has 0 aliphatic heterocycles. The molecule has 0 heterocycles. The van der Waals surface area contributed by atoms with Crippen LogP contribution in [0.25, 0.3) is 0 Å². The minimum atomic E-state index is -0.206. The van der Waals surface area contributed by atoms with Gasteiger partial charge in [0.1, 0.15) is 4.58 Å². The highest BCUT2D eigenvalue weighted by atomic mass is 35.5. The summed E-state index contributed by atoms with van der Waals surface area (Å²) in [7, 11) is 0. The Hall–Kier alpha value is -0.790. The molecule has 2 aromatic carbocycles. The first kappa shape index (κ1) is 14.6. The molecule has 0 aliphatic carbocycles. The van der Waals surface area contributed by atoms with Crippen LogP contribution in [0.5, 0.6) is 0 Å². The van der Waals surface area contributed by atoms with Gasteiger partial charge in [-0.05, 0) is 48.5 Å². The first-order valence-electron chi connectivity index (χ1n) is 5.41. The molecular weight excluding hydrogens is 317 g/mol. The predicted molar refractivity (Wildman–Crippen MR) is 84.0 cm³/mol. The van der Waals surface area contributed by atoms with Crippen LogP contribution in [0.3, 0.4) is 0 Å². The molecule has 0 bridgehead atoms. The van der Waals surface area contributed by atoms with Gasteiger partial charge in [0.2, 0.25) is 0 Å². The summed E-state index contributed by atoms with van der Waals surface area (Å²) in [6, 6.07) is 17.3. The summed E-state index contributed by atoms with van der Waals surface area (Å²) < 4.78 is -0.206. The van der Waals surface area contributed by atoms with Gasteiger partial charge in [0.15, 0.2) is 0 Å². The van der Waals surface area contributed by atoms with Crippen LogP contribution in [0.4, 0.5) is 0 Å². The summed E-state index contributed by atoms with van der Waals surface area (Å²) in [5.41, 5.74) is 0. The Morgan fingerprint density at radius 2 is 1.16 bits per heavy atom. The summed E-state index contributed by atoms with van der Waals surface area (Å²) in [5.74, 6) is 0. The van der Waals surface area contributed by atoms with E-state index in [-0.39, 0.29) is 4.58 Å². The lowest BCUT2D eigenvalue weighted by Crippen LogP contribution is -1.91. The van der Waals surface area contributed by atoms with Crippen LogP contribution in [-0.4, -0.2) is 4.58 Å². The molecule has 2 rings (SSSR count). The molecule has 96 valence electrons. The molecule has 0 fully saturated rings. The number of hydrogen-bond donors (Lipinski definition) is 0. The number of nitrogens with zero attached hydrogens (tertiary/aromatic N) is 1. The Bertz CT molecular complexity index is 528. The smallest absolute Gasteiger partial charge is 0.146 e. The number of hydrogen-bond acceptors (Lipinski definition) is 3. The molecule has 0 amide bonds. The standard InChI is InChI=1S/C14H9Cl2NS2/c15-10-1-5-12(6-2-10)18-14(9-17)19-13-7-3-11(16)4-8-13/h1-8,14H. The lowest BCUT2D eigenvalue weighted by molar-refractivity contribution is 1.40. The average molecular weight is 326 g/mol. The Morgan fingerprint density at radius 3 is 1.47 bits per heavy atom. The molecule has 0 saturated carbocycles. The van der Waals surface area contributed by atoms with Crippen molar-refractivity contribution in [3.05, 3.63) is 58.6 Å². The minimum Gasteiger partial charge on any atom is -0.196 e. The first-order valence-corrected chi connectivity index (χ1v) is 7.93. The largest absolute Gasteiger partial charge is 0.196 e. The average Bonchev–Trinajstić information content (AvgIpc) is 2.43. The molecule has 0 saturated heterocycles. The number of thioether (sulfide) groups is 2. The zero-order chi connectivity index (χ0) is 13.7.